The number of benzene rings is 1. The maximum Gasteiger partial charge on any atom is 0.425 e. The van der Waals surface area contributed by atoms with E-state index in [4.69, 9.17) is 4.74 Å². The fraction of sp³-hybridized carbons (Fsp3) is 0.300. The number of hydrazine groups is 1. The number of nitrogens with one attached hydrogen (secondary N) is 2. The average Bonchev–Trinajstić information content (AvgIpc) is 2.34. The fourth-order valence-electron chi connectivity index (χ4n) is 1.09. The van der Waals surface area contributed by atoms with Gasteiger partial charge in [-0.25, -0.2) is 10.2 Å². The van der Waals surface area contributed by atoms with E-state index in [1.54, 1.807) is 12.1 Å². The normalized spacial score (nSPS) is 9.47. The Balaban J connectivity index is 2.57. The SMILES string of the molecule is CCCOC(=O)NNc1ccccc1[N+](=O)[O-]. The smallest absolute Gasteiger partial charge is 0.425 e. The van der Waals surface area contributed by atoms with Crippen molar-refractivity contribution in [3.8, 4) is 0 Å². The predicted octanol–water partition coefficient (Wildman–Crippen LogP) is 2.06. The fourth-order valence-corrected chi connectivity index (χ4v) is 1.09. The number of anilines is 1. The van der Waals surface area contributed by atoms with Crippen molar-refractivity contribution >= 4 is 17.5 Å². The molecule has 0 atom stereocenters. The van der Waals surface area contributed by atoms with Crippen LogP contribution in [-0.2, 0) is 4.74 Å². The summed E-state index contributed by atoms with van der Waals surface area (Å²) in [6, 6.07) is 5.98. The number of hydrogen-bond donors (Lipinski definition) is 2. The second-order valence-electron chi connectivity index (χ2n) is 3.16. The molecule has 0 spiro atoms. The molecular formula is C10H13N3O4. The van der Waals surface area contributed by atoms with Crippen LogP contribution in [0.4, 0.5) is 16.2 Å². The van der Waals surface area contributed by atoms with Gasteiger partial charge in [0.2, 0.25) is 0 Å². The van der Waals surface area contributed by atoms with Gasteiger partial charge >= 0.3 is 6.09 Å². The highest BCUT2D eigenvalue weighted by molar-refractivity contribution is 5.71. The lowest BCUT2D eigenvalue weighted by Gasteiger charge is -2.08. The molecule has 7 heteroatoms. The minimum atomic E-state index is -0.676. The number of amides is 1. The van der Waals surface area contributed by atoms with Crippen LogP contribution in [0.1, 0.15) is 13.3 Å². The van der Waals surface area contributed by atoms with Gasteiger partial charge in [-0.05, 0) is 12.5 Å². The van der Waals surface area contributed by atoms with Crippen LogP contribution in [0.25, 0.3) is 0 Å². The van der Waals surface area contributed by atoms with Gasteiger partial charge in [0, 0.05) is 6.07 Å². The standard InChI is InChI=1S/C10H13N3O4/c1-2-7-17-10(14)12-11-8-5-3-4-6-9(8)13(15)16/h3-6,11H,2,7H2,1H3,(H,12,14). The van der Waals surface area contributed by atoms with Crippen LogP contribution in [-0.4, -0.2) is 17.6 Å². The second kappa shape index (κ2) is 6.31. The number of nitrogens with zero attached hydrogens (tertiary/aromatic N) is 1. The molecule has 0 aliphatic rings. The summed E-state index contributed by atoms with van der Waals surface area (Å²) < 4.78 is 4.73. The molecule has 0 saturated heterocycles. The van der Waals surface area contributed by atoms with Crippen molar-refractivity contribution in [2.75, 3.05) is 12.0 Å². The summed E-state index contributed by atoms with van der Waals surface area (Å²) in [4.78, 5) is 21.2. The molecule has 2 N–H and O–H groups in total. The summed E-state index contributed by atoms with van der Waals surface area (Å²) >= 11 is 0. The molecule has 17 heavy (non-hydrogen) atoms. The Morgan fingerprint density at radius 2 is 2.18 bits per heavy atom. The molecule has 1 amide bonds. The number of hydrogen-bond acceptors (Lipinski definition) is 5. The van der Waals surface area contributed by atoms with Crippen LogP contribution < -0.4 is 10.9 Å². The van der Waals surface area contributed by atoms with E-state index in [1.807, 2.05) is 6.92 Å². The lowest BCUT2D eigenvalue weighted by Crippen LogP contribution is -2.30. The molecule has 7 nitrogen and oxygen atoms in total. The number of ether oxygens (including phenoxy) is 1. The summed E-state index contributed by atoms with van der Waals surface area (Å²) in [7, 11) is 0. The Labute approximate surface area is 97.9 Å². The number of carbonyl (C=O) groups excluding carboxylic acids is 1. The summed E-state index contributed by atoms with van der Waals surface area (Å²) in [6.45, 7) is 2.16. The molecule has 1 aromatic rings. The molecule has 0 bridgehead atoms. The number of nitro benzene ring substituents is 1. The molecule has 0 radical (unpaired) electrons. The molecule has 0 aromatic heterocycles. The Morgan fingerprint density at radius 3 is 2.82 bits per heavy atom. The first-order chi connectivity index (χ1) is 8.15. The average molecular weight is 239 g/mol. The van der Waals surface area contributed by atoms with Crippen molar-refractivity contribution in [1.29, 1.82) is 0 Å². The predicted molar refractivity (Wildman–Crippen MR) is 61.5 cm³/mol. The monoisotopic (exact) mass is 239 g/mol. The Hall–Kier alpha value is -2.31. The van der Waals surface area contributed by atoms with Crippen molar-refractivity contribution < 1.29 is 14.5 Å². The molecule has 0 saturated carbocycles. The number of para-hydroxylation sites is 2. The first-order valence-corrected chi connectivity index (χ1v) is 5.07. The van der Waals surface area contributed by atoms with Crippen LogP contribution in [0.15, 0.2) is 24.3 Å². The van der Waals surface area contributed by atoms with Gasteiger partial charge in [-0.3, -0.25) is 15.5 Å². The van der Waals surface area contributed by atoms with Gasteiger partial charge in [-0.2, -0.15) is 0 Å². The molecule has 92 valence electrons. The summed E-state index contributed by atoms with van der Waals surface area (Å²) in [6.07, 6.45) is 0.0313. The minimum absolute atomic E-state index is 0.122. The summed E-state index contributed by atoms with van der Waals surface area (Å²) in [5.41, 5.74) is 4.73. The molecule has 0 aliphatic carbocycles. The quantitative estimate of drug-likeness (QED) is 0.605. The molecule has 0 unspecified atom stereocenters. The van der Waals surface area contributed by atoms with Crippen LogP contribution >= 0.6 is 0 Å². The Bertz CT molecular complexity index is 408. The van der Waals surface area contributed by atoms with E-state index in [2.05, 4.69) is 10.9 Å². The third-order valence-corrected chi connectivity index (χ3v) is 1.84. The number of carbonyl (C=O) groups is 1. The number of nitro groups is 1. The maximum atomic E-state index is 11.1. The zero-order chi connectivity index (χ0) is 12.7. The van der Waals surface area contributed by atoms with E-state index in [1.165, 1.54) is 12.1 Å². The molecule has 1 aromatic carbocycles. The first kappa shape index (κ1) is 12.8. The van der Waals surface area contributed by atoms with Crippen LogP contribution in [0.5, 0.6) is 0 Å². The highest BCUT2D eigenvalue weighted by Crippen LogP contribution is 2.21. The van der Waals surface area contributed by atoms with E-state index >= 15 is 0 Å². The van der Waals surface area contributed by atoms with E-state index in [9.17, 15) is 14.9 Å². The van der Waals surface area contributed by atoms with Crippen molar-refractivity contribution in [3.63, 3.8) is 0 Å². The molecule has 0 heterocycles. The van der Waals surface area contributed by atoms with Crippen molar-refractivity contribution in [1.82, 2.24) is 5.43 Å². The van der Waals surface area contributed by atoms with Crippen LogP contribution in [0, 0.1) is 10.1 Å². The van der Waals surface area contributed by atoms with Crippen LogP contribution in [0.2, 0.25) is 0 Å². The van der Waals surface area contributed by atoms with Gasteiger partial charge in [-0.1, -0.05) is 19.1 Å². The van der Waals surface area contributed by atoms with Gasteiger partial charge in [-0.15, -0.1) is 0 Å². The largest absolute Gasteiger partial charge is 0.448 e. The zero-order valence-electron chi connectivity index (χ0n) is 9.30. The topological polar surface area (TPSA) is 93.5 Å². The molecule has 0 fully saturated rings. The summed E-state index contributed by atoms with van der Waals surface area (Å²) in [5.74, 6) is 0. The van der Waals surface area contributed by atoms with Crippen LogP contribution in [0.3, 0.4) is 0 Å². The van der Waals surface area contributed by atoms with Gasteiger partial charge in [0.1, 0.15) is 5.69 Å². The Kier molecular flexibility index (Phi) is 4.74. The molecular weight excluding hydrogens is 226 g/mol. The number of rotatable bonds is 5. The summed E-state index contributed by atoms with van der Waals surface area (Å²) in [5, 5.41) is 10.7. The van der Waals surface area contributed by atoms with Crippen molar-refractivity contribution in [2.45, 2.75) is 13.3 Å². The van der Waals surface area contributed by atoms with Crippen molar-refractivity contribution in [2.24, 2.45) is 0 Å². The lowest BCUT2D eigenvalue weighted by molar-refractivity contribution is -0.384. The highest BCUT2D eigenvalue weighted by atomic mass is 16.6. The van der Waals surface area contributed by atoms with Gasteiger partial charge in [0.15, 0.2) is 0 Å². The van der Waals surface area contributed by atoms with E-state index in [0.29, 0.717) is 13.0 Å². The second-order valence-corrected chi connectivity index (χ2v) is 3.16. The van der Waals surface area contributed by atoms with Gasteiger partial charge in [0.25, 0.3) is 5.69 Å². The van der Waals surface area contributed by atoms with E-state index in [-0.39, 0.29) is 11.4 Å². The maximum absolute atomic E-state index is 11.1. The molecule has 1 rings (SSSR count). The van der Waals surface area contributed by atoms with E-state index < -0.39 is 11.0 Å². The van der Waals surface area contributed by atoms with Gasteiger partial charge in [0.05, 0.1) is 11.5 Å². The third-order valence-electron chi connectivity index (χ3n) is 1.84. The minimum Gasteiger partial charge on any atom is -0.448 e. The third kappa shape index (κ3) is 3.98. The zero-order valence-corrected chi connectivity index (χ0v) is 9.30. The Morgan fingerprint density at radius 1 is 1.47 bits per heavy atom. The lowest BCUT2D eigenvalue weighted by atomic mass is 10.3. The molecule has 0 aliphatic heterocycles. The van der Waals surface area contributed by atoms with Crippen molar-refractivity contribution in [3.05, 3.63) is 34.4 Å². The highest BCUT2D eigenvalue weighted by Gasteiger charge is 2.12. The van der Waals surface area contributed by atoms with Gasteiger partial charge < -0.3 is 4.74 Å². The van der Waals surface area contributed by atoms with E-state index in [0.717, 1.165) is 0 Å². The first-order valence-electron chi connectivity index (χ1n) is 5.07.